The van der Waals surface area contributed by atoms with Crippen LogP contribution in [-0.2, 0) is 0 Å². The Hall–Kier alpha value is -1.41. The first-order chi connectivity index (χ1) is 7.59. The van der Waals surface area contributed by atoms with Crippen LogP contribution in [0.15, 0.2) is 30.6 Å². The number of aliphatic hydroxyl groups excluding tert-OH is 1. The molecular formula is C14H17NO. The monoisotopic (exact) mass is 215 g/mol. The van der Waals surface area contributed by atoms with Gasteiger partial charge in [-0.15, -0.1) is 0 Å². The minimum atomic E-state index is -0.424. The molecule has 1 N–H and O–H groups in total. The third-order valence-electron chi connectivity index (χ3n) is 2.92. The molecule has 2 aromatic rings. The Bertz CT molecular complexity index is 503. The van der Waals surface area contributed by atoms with Crippen molar-refractivity contribution in [1.29, 1.82) is 0 Å². The molecule has 0 saturated carbocycles. The van der Waals surface area contributed by atoms with Crippen molar-refractivity contribution in [3.05, 3.63) is 41.7 Å². The first kappa shape index (κ1) is 11.1. The van der Waals surface area contributed by atoms with E-state index < -0.39 is 6.10 Å². The second kappa shape index (κ2) is 4.22. The molecule has 0 spiro atoms. The van der Waals surface area contributed by atoms with Gasteiger partial charge in [0.15, 0.2) is 0 Å². The Balaban J connectivity index is 2.64. The van der Waals surface area contributed by atoms with E-state index in [2.05, 4.69) is 24.9 Å². The van der Waals surface area contributed by atoms with E-state index in [4.69, 9.17) is 0 Å². The van der Waals surface area contributed by atoms with Gasteiger partial charge in [-0.3, -0.25) is 4.98 Å². The fraction of sp³-hybridized carbons (Fsp3) is 0.357. The molecule has 2 rings (SSSR count). The average molecular weight is 215 g/mol. The van der Waals surface area contributed by atoms with Gasteiger partial charge in [-0.25, -0.2) is 0 Å². The molecule has 1 aromatic heterocycles. The number of aliphatic hydroxyl groups is 1. The summed E-state index contributed by atoms with van der Waals surface area (Å²) in [6.45, 7) is 6.11. The second-order valence-electron chi connectivity index (χ2n) is 4.54. The topological polar surface area (TPSA) is 33.1 Å². The molecule has 16 heavy (non-hydrogen) atoms. The van der Waals surface area contributed by atoms with Gasteiger partial charge < -0.3 is 5.11 Å². The lowest BCUT2D eigenvalue weighted by Crippen LogP contribution is -1.94. The van der Waals surface area contributed by atoms with E-state index in [-0.39, 0.29) is 0 Å². The van der Waals surface area contributed by atoms with Gasteiger partial charge in [0.1, 0.15) is 0 Å². The van der Waals surface area contributed by atoms with Crippen LogP contribution in [0.2, 0.25) is 0 Å². The minimum Gasteiger partial charge on any atom is -0.389 e. The maximum atomic E-state index is 9.54. The van der Waals surface area contributed by atoms with Crippen molar-refractivity contribution in [2.24, 2.45) is 0 Å². The molecular weight excluding hydrogens is 198 g/mol. The summed E-state index contributed by atoms with van der Waals surface area (Å²) in [5.74, 6) is 0.466. The maximum absolute atomic E-state index is 9.54. The minimum absolute atomic E-state index is 0.424. The molecule has 84 valence electrons. The summed E-state index contributed by atoms with van der Waals surface area (Å²) in [6.07, 6.45) is 3.36. The summed E-state index contributed by atoms with van der Waals surface area (Å²) in [4.78, 5) is 4.25. The van der Waals surface area contributed by atoms with Crippen molar-refractivity contribution in [2.75, 3.05) is 0 Å². The lowest BCUT2D eigenvalue weighted by atomic mass is 9.97. The Morgan fingerprint density at radius 2 is 1.88 bits per heavy atom. The summed E-state index contributed by atoms with van der Waals surface area (Å²) >= 11 is 0. The standard InChI is InChI=1S/C14H17NO/c1-9(2)14-8-15-7-12-6-11(10(3)16)4-5-13(12)14/h4-10,16H,1-3H3. The van der Waals surface area contributed by atoms with E-state index in [1.54, 1.807) is 6.92 Å². The van der Waals surface area contributed by atoms with Crippen molar-refractivity contribution in [2.45, 2.75) is 32.8 Å². The fourth-order valence-electron chi connectivity index (χ4n) is 1.94. The molecule has 0 amide bonds. The highest BCUT2D eigenvalue weighted by Gasteiger charge is 2.07. The second-order valence-corrected chi connectivity index (χ2v) is 4.54. The van der Waals surface area contributed by atoms with Gasteiger partial charge in [0.05, 0.1) is 6.10 Å². The van der Waals surface area contributed by atoms with E-state index in [1.807, 2.05) is 24.5 Å². The van der Waals surface area contributed by atoms with E-state index in [0.717, 1.165) is 10.9 Å². The molecule has 2 nitrogen and oxygen atoms in total. The SMILES string of the molecule is CC(C)c1cncc2cc(C(C)O)ccc12. The first-order valence-corrected chi connectivity index (χ1v) is 5.65. The first-order valence-electron chi connectivity index (χ1n) is 5.65. The van der Waals surface area contributed by atoms with Crippen LogP contribution < -0.4 is 0 Å². The summed E-state index contributed by atoms with van der Waals surface area (Å²) in [5.41, 5.74) is 2.20. The molecule has 1 unspecified atom stereocenters. The van der Waals surface area contributed by atoms with Gasteiger partial charge in [-0.1, -0.05) is 26.0 Å². The van der Waals surface area contributed by atoms with E-state index in [0.29, 0.717) is 5.92 Å². The number of hydrogen-bond donors (Lipinski definition) is 1. The molecule has 0 bridgehead atoms. The zero-order valence-electron chi connectivity index (χ0n) is 9.94. The quantitative estimate of drug-likeness (QED) is 0.832. The van der Waals surface area contributed by atoms with Crippen LogP contribution in [0.5, 0.6) is 0 Å². The van der Waals surface area contributed by atoms with E-state index in [1.165, 1.54) is 10.9 Å². The van der Waals surface area contributed by atoms with Crippen LogP contribution in [0.3, 0.4) is 0 Å². The number of pyridine rings is 1. The summed E-state index contributed by atoms with van der Waals surface area (Å²) < 4.78 is 0. The Labute approximate surface area is 96.0 Å². The maximum Gasteiger partial charge on any atom is 0.0762 e. The highest BCUT2D eigenvalue weighted by atomic mass is 16.3. The largest absolute Gasteiger partial charge is 0.389 e. The number of rotatable bonds is 2. The van der Waals surface area contributed by atoms with Crippen molar-refractivity contribution in [3.8, 4) is 0 Å². The summed E-state index contributed by atoms with van der Waals surface area (Å²) in [5, 5.41) is 11.9. The fourth-order valence-corrected chi connectivity index (χ4v) is 1.94. The van der Waals surface area contributed by atoms with Gasteiger partial charge in [0.2, 0.25) is 0 Å². The van der Waals surface area contributed by atoms with Crippen LogP contribution in [0.25, 0.3) is 10.8 Å². The molecule has 0 fully saturated rings. The molecule has 0 aliphatic rings. The van der Waals surface area contributed by atoms with Crippen LogP contribution in [0.4, 0.5) is 0 Å². The third kappa shape index (κ3) is 1.93. The number of benzene rings is 1. The Morgan fingerprint density at radius 3 is 2.50 bits per heavy atom. The van der Waals surface area contributed by atoms with Gasteiger partial charge in [-0.05, 0) is 35.4 Å². The van der Waals surface area contributed by atoms with E-state index in [9.17, 15) is 5.11 Å². The van der Waals surface area contributed by atoms with Gasteiger partial charge in [0, 0.05) is 17.8 Å². The predicted molar refractivity (Wildman–Crippen MR) is 66.5 cm³/mol. The number of hydrogen-bond acceptors (Lipinski definition) is 2. The zero-order valence-corrected chi connectivity index (χ0v) is 9.94. The predicted octanol–water partition coefficient (Wildman–Crippen LogP) is 3.41. The summed E-state index contributed by atoms with van der Waals surface area (Å²) in [6, 6.07) is 6.08. The van der Waals surface area contributed by atoms with Crippen molar-refractivity contribution >= 4 is 10.8 Å². The average Bonchev–Trinajstić information content (AvgIpc) is 2.27. The highest BCUT2D eigenvalue weighted by molar-refractivity contribution is 5.85. The van der Waals surface area contributed by atoms with Crippen molar-refractivity contribution < 1.29 is 5.11 Å². The smallest absolute Gasteiger partial charge is 0.0762 e. The van der Waals surface area contributed by atoms with Crippen LogP contribution >= 0.6 is 0 Å². The van der Waals surface area contributed by atoms with Crippen LogP contribution in [0, 0.1) is 0 Å². The van der Waals surface area contributed by atoms with Gasteiger partial charge in [-0.2, -0.15) is 0 Å². The molecule has 1 aromatic carbocycles. The normalized spacial score (nSPS) is 13.3. The van der Waals surface area contributed by atoms with Gasteiger partial charge >= 0.3 is 0 Å². The summed E-state index contributed by atoms with van der Waals surface area (Å²) in [7, 11) is 0. The molecule has 1 atom stereocenters. The molecule has 0 radical (unpaired) electrons. The van der Waals surface area contributed by atoms with E-state index >= 15 is 0 Å². The Kier molecular flexibility index (Phi) is 2.92. The Morgan fingerprint density at radius 1 is 1.12 bits per heavy atom. The lowest BCUT2D eigenvalue weighted by Gasteiger charge is -2.11. The lowest BCUT2D eigenvalue weighted by molar-refractivity contribution is 0.199. The number of fused-ring (bicyclic) bond motifs is 1. The molecule has 0 saturated heterocycles. The van der Waals surface area contributed by atoms with Crippen LogP contribution in [0.1, 0.15) is 43.9 Å². The van der Waals surface area contributed by atoms with Gasteiger partial charge in [0.25, 0.3) is 0 Å². The molecule has 0 aliphatic carbocycles. The highest BCUT2D eigenvalue weighted by Crippen LogP contribution is 2.26. The molecule has 1 heterocycles. The molecule has 2 heteroatoms. The number of nitrogens with zero attached hydrogens (tertiary/aromatic N) is 1. The molecule has 0 aliphatic heterocycles. The van der Waals surface area contributed by atoms with Crippen LogP contribution in [-0.4, -0.2) is 10.1 Å². The third-order valence-corrected chi connectivity index (χ3v) is 2.92. The van der Waals surface area contributed by atoms with Crippen molar-refractivity contribution in [1.82, 2.24) is 4.98 Å². The van der Waals surface area contributed by atoms with Crippen molar-refractivity contribution in [3.63, 3.8) is 0 Å². The zero-order chi connectivity index (χ0) is 11.7. The number of aromatic nitrogens is 1.